The molecule has 1 heterocycles. The summed E-state index contributed by atoms with van der Waals surface area (Å²) >= 11 is 0. The van der Waals surface area contributed by atoms with Gasteiger partial charge in [0.05, 0.1) is 0 Å². The first-order chi connectivity index (χ1) is 5.72. The van der Waals surface area contributed by atoms with Gasteiger partial charge in [-0.3, -0.25) is 0 Å². The van der Waals surface area contributed by atoms with Crippen LogP contribution >= 0.6 is 0 Å². The summed E-state index contributed by atoms with van der Waals surface area (Å²) in [6.07, 6.45) is 3.15. The topological polar surface area (TPSA) is 49.6 Å². The summed E-state index contributed by atoms with van der Waals surface area (Å²) < 4.78 is 0. The fourth-order valence-corrected chi connectivity index (χ4v) is 0.759. The van der Waals surface area contributed by atoms with Crippen molar-refractivity contribution in [3.05, 3.63) is 23.8 Å². The number of hydrogen-bond donors (Lipinski definition) is 1. The number of rotatable bonds is 1. The van der Waals surface area contributed by atoms with Gasteiger partial charge in [0, 0.05) is 23.2 Å². The predicted molar refractivity (Wildman–Crippen MR) is 50.6 cm³/mol. The number of nitrogens with zero attached hydrogens (tertiary/aromatic N) is 2. The number of nitrogens with one attached hydrogen (secondary N) is 1. The average Bonchev–Trinajstić information content (AvgIpc) is 2.08. The van der Waals surface area contributed by atoms with E-state index in [0.29, 0.717) is 5.71 Å². The highest BCUT2D eigenvalue weighted by atomic mass is 14.8. The molecule has 0 atom stereocenters. The van der Waals surface area contributed by atoms with E-state index < -0.39 is 0 Å². The van der Waals surface area contributed by atoms with Crippen molar-refractivity contribution in [3.8, 4) is 0 Å². The minimum Gasteiger partial charge on any atom is -0.305 e. The van der Waals surface area contributed by atoms with Crippen molar-refractivity contribution < 1.29 is 0 Å². The molecule has 1 aromatic rings. The van der Waals surface area contributed by atoms with Gasteiger partial charge in [-0.2, -0.15) is 0 Å². The van der Waals surface area contributed by atoms with E-state index in [1.807, 2.05) is 20.8 Å². The molecule has 3 nitrogen and oxygen atoms in total. The molecule has 1 aromatic heterocycles. The third kappa shape index (κ3) is 2.78. The standard InChI is InChI=1S/C7H9N3.C2H6/c1-5(8)7-3-9-4-10-6(7)2;1-2/h3-4,8H,1-2H3;1-2H3. The van der Waals surface area contributed by atoms with Crippen LogP contribution in [0.25, 0.3) is 0 Å². The molecule has 3 heteroatoms. The first-order valence-corrected chi connectivity index (χ1v) is 4.04. The summed E-state index contributed by atoms with van der Waals surface area (Å²) in [5.41, 5.74) is 2.20. The smallest absolute Gasteiger partial charge is 0.115 e. The summed E-state index contributed by atoms with van der Waals surface area (Å²) in [6.45, 7) is 7.60. The highest BCUT2D eigenvalue weighted by Gasteiger charge is 1.98. The normalized spacial score (nSPS) is 8.33. The molecule has 0 aromatic carbocycles. The van der Waals surface area contributed by atoms with Crippen LogP contribution in [0.3, 0.4) is 0 Å². The Hall–Kier alpha value is -1.25. The lowest BCUT2D eigenvalue weighted by molar-refractivity contribution is 1.09. The molecule has 66 valence electrons. The van der Waals surface area contributed by atoms with E-state index in [2.05, 4.69) is 9.97 Å². The second kappa shape index (κ2) is 5.41. The molecular formula is C9H15N3. The van der Waals surface area contributed by atoms with Crippen molar-refractivity contribution in [3.63, 3.8) is 0 Å². The molecule has 0 aliphatic heterocycles. The summed E-state index contributed by atoms with van der Waals surface area (Å²) in [5, 5.41) is 7.30. The van der Waals surface area contributed by atoms with Crippen LogP contribution in [0, 0.1) is 12.3 Å². The van der Waals surface area contributed by atoms with Crippen LogP contribution in [0.15, 0.2) is 12.5 Å². The predicted octanol–water partition coefficient (Wildman–Crippen LogP) is 2.20. The summed E-state index contributed by atoms with van der Waals surface area (Å²) in [4.78, 5) is 7.76. The average molecular weight is 165 g/mol. The van der Waals surface area contributed by atoms with E-state index in [1.54, 1.807) is 13.1 Å². The van der Waals surface area contributed by atoms with Crippen LogP contribution in [-0.2, 0) is 0 Å². The van der Waals surface area contributed by atoms with E-state index in [0.717, 1.165) is 11.3 Å². The van der Waals surface area contributed by atoms with Crippen molar-refractivity contribution in [2.24, 2.45) is 0 Å². The first-order valence-electron chi connectivity index (χ1n) is 4.04. The molecule has 0 saturated heterocycles. The molecule has 1 N–H and O–H groups in total. The minimum absolute atomic E-state index is 0.512. The van der Waals surface area contributed by atoms with Crippen molar-refractivity contribution in [2.45, 2.75) is 27.7 Å². The third-order valence-electron chi connectivity index (χ3n) is 1.32. The molecule has 0 spiro atoms. The lowest BCUT2D eigenvalue weighted by atomic mass is 10.2. The van der Waals surface area contributed by atoms with Crippen LogP contribution in [0.1, 0.15) is 32.0 Å². The first kappa shape index (κ1) is 10.8. The van der Waals surface area contributed by atoms with Crippen LogP contribution in [0.2, 0.25) is 0 Å². The number of hydrogen-bond acceptors (Lipinski definition) is 3. The van der Waals surface area contributed by atoms with Gasteiger partial charge in [0.25, 0.3) is 0 Å². The lowest BCUT2D eigenvalue weighted by Gasteiger charge is -1.98. The molecular weight excluding hydrogens is 150 g/mol. The van der Waals surface area contributed by atoms with E-state index in [-0.39, 0.29) is 0 Å². The molecule has 0 saturated carbocycles. The van der Waals surface area contributed by atoms with Crippen molar-refractivity contribution in [1.82, 2.24) is 9.97 Å². The molecule has 0 aliphatic carbocycles. The van der Waals surface area contributed by atoms with Gasteiger partial charge in [0.15, 0.2) is 0 Å². The van der Waals surface area contributed by atoms with Crippen molar-refractivity contribution in [2.75, 3.05) is 0 Å². The van der Waals surface area contributed by atoms with Crippen molar-refractivity contribution >= 4 is 5.71 Å². The Morgan fingerprint density at radius 1 is 1.42 bits per heavy atom. The van der Waals surface area contributed by atoms with E-state index >= 15 is 0 Å². The second-order valence-electron chi connectivity index (χ2n) is 2.15. The molecule has 0 bridgehead atoms. The molecule has 12 heavy (non-hydrogen) atoms. The van der Waals surface area contributed by atoms with Crippen LogP contribution < -0.4 is 0 Å². The van der Waals surface area contributed by atoms with Crippen LogP contribution in [0.5, 0.6) is 0 Å². The zero-order valence-electron chi connectivity index (χ0n) is 8.05. The van der Waals surface area contributed by atoms with Gasteiger partial charge in [-0.15, -0.1) is 0 Å². The van der Waals surface area contributed by atoms with Gasteiger partial charge in [0.1, 0.15) is 6.33 Å². The van der Waals surface area contributed by atoms with Gasteiger partial charge in [0.2, 0.25) is 0 Å². The number of aromatic nitrogens is 2. The van der Waals surface area contributed by atoms with Gasteiger partial charge in [-0.1, -0.05) is 13.8 Å². The van der Waals surface area contributed by atoms with Gasteiger partial charge >= 0.3 is 0 Å². The molecule has 0 aliphatic rings. The maximum Gasteiger partial charge on any atom is 0.115 e. The monoisotopic (exact) mass is 165 g/mol. The van der Waals surface area contributed by atoms with Gasteiger partial charge < -0.3 is 5.41 Å². The van der Waals surface area contributed by atoms with Crippen molar-refractivity contribution in [1.29, 1.82) is 5.41 Å². The zero-order chi connectivity index (χ0) is 9.56. The Balaban J connectivity index is 0.000000561. The lowest BCUT2D eigenvalue weighted by Crippen LogP contribution is -1.98. The van der Waals surface area contributed by atoms with Crippen LogP contribution in [-0.4, -0.2) is 15.7 Å². The van der Waals surface area contributed by atoms with Gasteiger partial charge in [-0.25, -0.2) is 9.97 Å². The zero-order valence-corrected chi connectivity index (χ0v) is 8.05. The minimum atomic E-state index is 0.512. The highest BCUT2D eigenvalue weighted by Crippen LogP contribution is 2.00. The van der Waals surface area contributed by atoms with Gasteiger partial charge in [-0.05, 0) is 13.8 Å². The molecule has 0 amide bonds. The van der Waals surface area contributed by atoms with Crippen LogP contribution in [0.4, 0.5) is 0 Å². The molecule has 0 radical (unpaired) electrons. The Kier molecular flexibility index (Phi) is 4.84. The number of aryl methyl sites for hydroxylation is 1. The summed E-state index contributed by atoms with van der Waals surface area (Å²) in [5.74, 6) is 0. The SMILES string of the molecule is CC.CC(=N)c1cncnc1C. The van der Waals surface area contributed by atoms with E-state index in [1.165, 1.54) is 6.33 Å². The van der Waals surface area contributed by atoms with E-state index in [9.17, 15) is 0 Å². The largest absolute Gasteiger partial charge is 0.305 e. The molecule has 0 fully saturated rings. The quantitative estimate of drug-likeness (QED) is 0.648. The van der Waals surface area contributed by atoms with E-state index in [4.69, 9.17) is 5.41 Å². The molecule has 1 rings (SSSR count). The molecule has 0 unspecified atom stereocenters. The third-order valence-corrected chi connectivity index (χ3v) is 1.32. The maximum absolute atomic E-state index is 7.30. The highest BCUT2D eigenvalue weighted by molar-refractivity contribution is 5.96. The fraction of sp³-hybridized carbons (Fsp3) is 0.444. The Morgan fingerprint density at radius 3 is 2.33 bits per heavy atom. The Labute approximate surface area is 73.4 Å². The fourth-order valence-electron chi connectivity index (χ4n) is 0.759. The summed E-state index contributed by atoms with van der Waals surface area (Å²) in [7, 11) is 0. The Bertz CT molecular complexity index is 256. The summed E-state index contributed by atoms with van der Waals surface area (Å²) in [6, 6.07) is 0. The second-order valence-corrected chi connectivity index (χ2v) is 2.15. The maximum atomic E-state index is 7.30. The Morgan fingerprint density at radius 2 is 2.00 bits per heavy atom.